The van der Waals surface area contributed by atoms with Crippen LogP contribution in [0.1, 0.15) is 56.7 Å². The second kappa shape index (κ2) is 5.48. The minimum absolute atomic E-state index is 0.0667. The molecule has 1 aromatic carbocycles. The Morgan fingerprint density at radius 3 is 2.33 bits per heavy atom. The largest absolute Gasteiger partial charge is 0.407 e. The van der Waals surface area contributed by atoms with Gasteiger partial charge in [0.15, 0.2) is 0 Å². The van der Waals surface area contributed by atoms with E-state index in [4.69, 9.17) is 5.73 Å². The van der Waals surface area contributed by atoms with Crippen molar-refractivity contribution in [1.29, 1.82) is 0 Å². The van der Waals surface area contributed by atoms with E-state index in [-0.39, 0.29) is 22.3 Å². The van der Waals surface area contributed by atoms with Crippen molar-refractivity contribution in [2.75, 3.05) is 0 Å². The second-order valence-corrected chi connectivity index (χ2v) is 7.96. The van der Waals surface area contributed by atoms with Crippen LogP contribution in [0.5, 0.6) is 0 Å². The lowest BCUT2D eigenvalue weighted by Gasteiger charge is -2.20. The number of hydrogen-bond donors (Lipinski definition) is 1. The minimum Gasteiger partial charge on any atom is -0.347 e. The van der Waals surface area contributed by atoms with Gasteiger partial charge in [-0.25, -0.2) is 4.39 Å². The van der Waals surface area contributed by atoms with E-state index in [0.717, 1.165) is 12.8 Å². The summed E-state index contributed by atoms with van der Waals surface area (Å²) >= 11 is 0. The van der Waals surface area contributed by atoms with Crippen LogP contribution in [0.25, 0.3) is 10.9 Å². The fourth-order valence-electron chi connectivity index (χ4n) is 3.13. The molecular weight excluding hydrogens is 320 g/mol. The predicted octanol–water partition coefficient (Wildman–Crippen LogP) is 5.27. The molecule has 0 unspecified atom stereocenters. The Bertz CT molecular complexity index is 764. The molecule has 2 nitrogen and oxygen atoms in total. The molecule has 1 heterocycles. The Morgan fingerprint density at radius 2 is 1.83 bits per heavy atom. The molecule has 0 spiro atoms. The number of aromatic nitrogens is 1. The maximum absolute atomic E-state index is 14.4. The monoisotopic (exact) mass is 342 g/mol. The first kappa shape index (κ1) is 17.3. The van der Waals surface area contributed by atoms with Crippen molar-refractivity contribution in [3.8, 4) is 0 Å². The minimum atomic E-state index is -4.56. The molecule has 0 amide bonds. The summed E-state index contributed by atoms with van der Waals surface area (Å²) in [6.07, 6.45) is -1.27. The van der Waals surface area contributed by atoms with Crippen LogP contribution in [-0.4, -0.2) is 10.7 Å². The first-order chi connectivity index (χ1) is 11.0. The number of hydrogen-bond acceptors (Lipinski definition) is 1. The quantitative estimate of drug-likeness (QED) is 0.757. The topological polar surface area (TPSA) is 30.9 Å². The molecule has 3 rings (SSSR count). The van der Waals surface area contributed by atoms with Gasteiger partial charge in [-0.05, 0) is 41.9 Å². The molecule has 1 atom stereocenters. The normalized spacial score (nSPS) is 17.5. The Kier molecular flexibility index (Phi) is 3.94. The number of nitrogens with zero attached hydrogens (tertiary/aromatic N) is 1. The number of fused-ring (bicyclic) bond motifs is 1. The fourth-order valence-corrected chi connectivity index (χ4v) is 3.13. The molecular formula is C18H22F4N2. The molecule has 1 fully saturated rings. The highest BCUT2D eigenvalue weighted by molar-refractivity contribution is 5.85. The maximum atomic E-state index is 14.4. The van der Waals surface area contributed by atoms with Crippen molar-refractivity contribution >= 4 is 10.9 Å². The van der Waals surface area contributed by atoms with Crippen molar-refractivity contribution in [2.24, 2.45) is 11.1 Å². The summed E-state index contributed by atoms with van der Waals surface area (Å²) in [6, 6.07) is 0.816. The standard InChI is InChI=1S/C18H22F4N2/c1-17(2,3)9-24-8-13(16(23)18(20,21)22)12-6-14(19)11(7-15(12)24)10-4-5-10/h6-8,10,16H,4-5,9,23H2,1-3H3/t16-/m0/s1. The van der Waals surface area contributed by atoms with Crippen LogP contribution in [0.4, 0.5) is 17.6 Å². The van der Waals surface area contributed by atoms with Crippen molar-refractivity contribution < 1.29 is 17.6 Å². The van der Waals surface area contributed by atoms with Gasteiger partial charge in [0.2, 0.25) is 0 Å². The molecule has 1 aliphatic rings. The van der Waals surface area contributed by atoms with Gasteiger partial charge in [-0.15, -0.1) is 0 Å². The third-order valence-electron chi connectivity index (χ3n) is 4.38. The Labute approximate surface area is 138 Å². The molecule has 0 radical (unpaired) electrons. The lowest BCUT2D eigenvalue weighted by Crippen LogP contribution is -2.28. The molecule has 132 valence electrons. The van der Waals surface area contributed by atoms with Gasteiger partial charge < -0.3 is 10.3 Å². The highest BCUT2D eigenvalue weighted by Crippen LogP contribution is 2.44. The summed E-state index contributed by atoms with van der Waals surface area (Å²) in [5, 5.41) is 0.256. The number of benzene rings is 1. The van der Waals surface area contributed by atoms with Gasteiger partial charge in [0, 0.05) is 29.2 Å². The summed E-state index contributed by atoms with van der Waals surface area (Å²) in [5.41, 5.74) is 6.45. The Balaban J connectivity index is 2.19. The van der Waals surface area contributed by atoms with E-state index in [2.05, 4.69) is 0 Å². The number of rotatable bonds is 3. The molecule has 2 N–H and O–H groups in total. The van der Waals surface area contributed by atoms with Gasteiger partial charge in [-0.3, -0.25) is 0 Å². The Morgan fingerprint density at radius 1 is 1.21 bits per heavy atom. The molecule has 2 aromatic rings. The molecule has 6 heteroatoms. The Hall–Kier alpha value is -1.56. The summed E-state index contributed by atoms with van der Waals surface area (Å²) in [7, 11) is 0. The van der Waals surface area contributed by atoms with Crippen molar-refractivity contribution in [2.45, 2.75) is 58.3 Å². The van der Waals surface area contributed by atoms with Crippen molar-refractivity contribution in [1.82, 2.24) is 4.57 Å². The summed E-state index contributed by atoms with van der Waals surface area (Å²) in [6.45, 7) is 6.55. The average molecular weight is 342 g/mol. The lowest BCUT2D eigenvalue weighted by molar-refractivity contribution is -0.148. The zero-order chi connectivity index (χ0) is 17.9. The van der Waals surface area contributed by atoms with Gasteiger partial charge in [0.25, 0.3) is 0 Å². The summed E-state index contributed by atoms with van der Waals surface area (Å²) in [5.74, 6) is -0.249. The first-order valence-electron chi connectivity index (χ1n) is 8.12. The first-order valence-corrected chi connectivity index (χ1v) is 8.12. The van der Waals surface area contributed by atoms with Gasteiger partial charge in [0.05, 0.1) is 0 Å². The van der Waals surface area contributed by atoms with Crippen LogP contribution in [0.15, 0.2) is 18.3 Å². The van der Waals surface area contributed by atoms with E-state index in [1.54, 1.807) is 10.6 Å². The van der Waals surface area contributed by atoms with Crippen molar-refractivity contribution in [3.63, 3.8) is 0 Å². The van der Waals surface area contributed by atoms with Gasteiger partial charge in [-0.2, -0.15) is 13.2 Å². The highest BCUT2D eigenvalue weighted by atomic mass is 19.4. The fraction of sp³-hybridized carbons (Fsp3) is 0.556. The van der Waals surface area contributed by atoms with E-state index >= 15 is 0 Å². The number of nitrogens with two attached hydrogens (primary N) is 1. The molecule has 0 saturated heterocycles. The SMILES string of the molecule is CC(C)(C)Cn1cc([C@H](N)C(F)(F)F)c2cc(F)c(C3CC3)cc21. The van der Waals surface area contributed by atoms with Gasteiger partial charge >= 0.3 is 6.18 Å². The van der Waals surface area contributed by atoms with Crippen LogP contribution in [0.2, 0.25) is 0 Å². The van der Waals surface area contributed by atoms with E-state index in [0.29, 0.717) is 17.6 Å². The third kappa shape index (κ3) is 3.29. The van der Waals surface area contributed by atoms with E-state index in [1.807, 2.05) is 20.8 Å². The molecule has 1 saturated carbocycles. The summed E-state index contributed by atoms with van der Waals surface area (Å²) < 4.78 is 55.4. The predicted molar refractivity (Wildman–Crippen MR) is 86.3 cm³/mol. The molecule has 0 aliphatic heterocycles. The highest BCUT2D eigenvalue weighted by Gasteiger charge is 2.40. The maximum Gasteiger partial charge on any atom is 0.407 e. The van der Waals surface area contributed by atoms with Crippen LogP contribution < -0.4 is 5.73 Å². The third-order valence-corrected chi connectivity index (χ3v) is 4.38. The molecule has 1 aromatic heterocycles. The van der Waals surface area contributed by atoms with Crippen LogP contribution in [-0.2, 0) is 6.54 Å². The van der Waals surface area contributed by atoms with Crippen LogP contribution in [0, 0.1) is 11.2 Å². The average Bonchev–Trinajstić information content (AvgIpc) is 3.20. The second-order valence-electron chi connectivity index (χ2n) is 7.96. The van der Waals surface area contributed by atoms with Gasteiger partial charge in [0.1, 0.15) is 11.9 Å². The molecule has 0 bridgehead atoms. The van der Waals surface area contributed by atoms with Crippen molar-refractivity contribution in [3.05, 3.63) is 35.3 Å². The zero-order valence-electron chi connectivity index (χ0n) is 14.0. The lowest BCUT2D eigenvalue weighted by atomic mass is 9.97. The van der Waals surface area contributed by atoms with E-state index < -0.39 is 18.0 Å². The molecule has 24 heavy (non-hydrogen) atoms. The molecule has 1 aliphatic carbocycles. The van der Waals surface area contributed by atoms with Crippen LogP contribution in [0.3, 0.4) is 0 Å². The number of alkyl halides is 3. The number of halogens is 4. The summed E-state index contributed by atoms with van der Waals surface area (Å²) in [4.78, 5) is 0. The van der Waals surface area contributed by atoms with Crippen LogP contribution >= 0.6 is 0 Å². The van der Waals surface area contributed by atoms with E-state index in [9.17, 15) is 17.6 Å². The smallest absolute Gasteiger partial charge is 0.347 e. The zero-order valence-corrected chi connectivity index (χ0v) is 14.0. The van der Waals surface area contributed by atoms with Gasteiger partial charge in [-0.1, -0.05) is 20.8 Å². The van der Waals surface area contributed by atoms with E-state index in [1.165, 1.54) is 12.3 Å².